The van der Waals surface area contributed by atoms with Gasteiger partial charge >= 0.3 is 0 Å². The van der Waals surface area contributed by atoms with E-state index in [4.69, 9.17) is 18.9 Å². The van der Waals surface area contributed by atoms with Gasteiger partial charge in [-0.3, -0.25) is 4.99 Å². The van der Waals surface area contributed by atoms with Crippen molar-refractivity contribution in [3.05, 3.63) is 29.1 Å². The molecule has 0 amide bonds. The lowest BCUT2D eigenvalue weighted by Crippen LogP contribution is -2.39. The molecule has 27 heavy (non-hydrogen) atoms. The number of aliphatic imine (C=N–C) groups is 1. The van der Waals surface area contributed by atoms with E-state index in [0.29, 0.717) is 45.4 Å². The second-order valence-electron chi connectivity index (χ2n) is 5.80. The van der Waals surface area contributed by atoms with E-state index in [2.05, 4.69) is 15.6 Å². The number of hydrogen-bond donors (Lipinski definition) is 2. The topological polar surface area (TPSA) is 73.3 Å². The summed E-state index contributed by atoms with van der Waals surface area (Å²) < 4.78 is 34.8. The van der Waals surface area contributed by atoms with Gasteiger partial charge in [0.1, 0.15) is 11.6 Å². The van der Waals surface area contributed by atoms with Gasteiger partial charge in [-0.2, -0.15) is 0 Å². The molecule has 154 valence electrons. The first kappa shape index (κ1) is 23.9. The van der Waals surface area contributed by atoms with Crippen molar-refractivity contribution in [2.24, 2.45) is 4.99 Å². The molecule has 7 nitrogen and oxygen atoms in total. The molecule has 1 heterocycles. The highest BCUT2D eigenvalue weighted by atomic mass is 127. The van der Waals surface area contributed by atoms with E-state index in [1.807, 2.05) is 0 Å². The van der Waals surface area contributed by atoms with Crippen LogP contribution >= 0.6 is 24.0 Å². The first-order chi connectivity index (χ1) is 12.7. The summed E-state index contributed by atoms with van der Waals surface area (Å²) >= 11 is 0. The zero-order chi connectivity index (χ0) is 18.6. The molecule has 0 aromatic heterocycles. The Morgan fingerprint density at radius 3 is 2.81 bits per heavy atom. The van der Waals surface area contributed by atoms with Gasteiger partial charge in [-0.05, 0) is 30.5 Å². The number of fused-ring (bicyclic) bond motifs is 1. The number of guanidine groups is 1. The second kappa shape index (κ2) is 13.9. The fourth-order valence-corrected chi connectivity index (χ4v) is 2.60. The van der Waals surface area contributed by atoms with Crippen LogP contribution in [0.15, 0.2) is 17.1 Å². The van der Waals surface area contributed by atoms with E-state index in [0.717, 1.165) is 29.8 Å². The van der Waals surface area contributed by atoms with E-state index in [1.165, 1.54) is 12.1 Å². The van der Waals surface area contributed by atoms with E-state index >= 15 is 0 Å². The molecule has 0 atom stereocenters. The van der Waals surface area contributed by atoms with Crippen LogP contribution in [0.4, 0.5) is 4.39 Å². The number of halogens is 2. The molecule has 1 aliphatic rings. The number of nitrogens with zero attached hydrogens (tertiary/aromatic N) is 1. The van der Waals surface area contributed by atoms with Crippen molar-refractivity contribution in [3.8, 4) is 5.75 Å². The van der Waals surface area contributed by atoms with E-state index in [-0.39, 0.29) is 36.6 Å². The first-order valence-corrected chi connectivity index (χ1v) is 8.77. The Morgan fingerprint density at radius 2 is 2.04 bits per heavy atom. The van der Waals surface area contributed by atoms with Gasteiger partial charge in [0.2, 0.25) is 0 Å². The predicted molar refractivity (Wildman–Crippen MR) is 112 cm³/mol. The lowest BCUT2D eigenvalue weighted by atomic mass is 10.1. The van der Waals surface area contributed by atoms with Crippen LogP contribution in [-0.4, -0.2) is 59.8 Å². The molecule has 0 aliphatic carbocycles. The maximum atomic E-state index is 13.7. The molecule has 0 bridgehead atoms. The minimum absolute atomic E-state index is 0. The second-order valence-corrected chi connectivity index (χ2v) is 5.80. The van der Waals surface area contributed by atoms with E-state index in [9.17, 15) is 4.39 Å². The highest BCUT2D eigenvalue weighted by Gasteiger charge is 2.16. The van der Waals surface area contributed by atoms with Crippen molar-refractivity contribution in [1.82, 2.24) is 10.6 Å². The summed E-state index contributed by atoms with van der Waals surface area (Å²) in [7, 11) is 3.37. The number of hydrogen-bond acceptors (Lipinski definition) is 5. The zero-order valence-corrected chi connectivity index (χ0v) is 18.2. The normalized spacial score (nSPS) is 13.4. The molecule has 0 spiro atoms. The van der Waals surface area contributed by atoms with Crippen molar-refractivity contribution < 1.29 is 23.3 Å². The van der Waals surface area contributed by atoms with Crippen molar-refractivity contribution in [2.45, 2.75) is 19.4 Å². The third-order valence-electron chi connectivity index (χ3n) is 3.85. The first-order valence-electron chi connectivity index (χ1n) is 8.77. The molecule has 0 unspecified atom stereocenters. The largest absolute Gasteiger partial charge is 0.467 e. The summed E-state index contributed by atoms with van der Waals surface area (Å²) in [5, 5.41) is 6.45. The SMILES string of the molecule is CN=C(NCCCOCCOC)NCCc1cc(F)cc2c1OCOC2.I. The smallest absolute Gasteiger partial charge is 0.190 e. The molecule has 0 radical (unpaired) electrons. The fourth-order valence-electron chi connectivity index (χ4n) is 2.60. The highest BCUT2D eigenvalue weighted by Crippen LogP contribution is 2.29. The minimum atomic E-state index is -0.274. The quantitative estimate of drug-likeness (QED) is 0.223. The van der Waals surface area contributed by atoms with Gasteiger partial charge in [0.15, 0.2) is 12.8 Å². The summed E-state index contributed by atoms with van der Waals surface area (Å²) in [6, 6.07) is 2.97. The van der Waals surface area contributed by atoms with Crippen LogP contribution in [-0.2, 0) is 27.2 Å². The van der Waals surface area contributed by atoms with Gasteiger partial charge in [0.05, 0.1) is 19.8 Å². The molecule has 1 aromatic rings. The Morgan fingerprint density at radius 1 is 1.22 bits per heavy atom. The van der Waals surface area contributed by atoms with Crippen LogP contribution in [0.5, 0.6) is 5.75 Å². The van der Waals surface area contributed by atoms with Gasteiger partial charge in [-0.1, -0.05) is 0 Å². The van der Waals surface area contributed by atoms with Crippen LogP contribution in [0, 0.1) is 5.82 Å². The molecule has 9 heteroatoms. The standard InChI is InChI=1S/C18H28FN3O4.HI/c1-20-18(21-5-3-7-24-9-8-23-2)22-6-4-14-10-16(19)11-15-12-25-13-26-17(14)15;/h10-11H,3-9,12-13H2,1-2H3,(H2,20,21,22);1H. The Hall–Kier alpha value is -1.17. The number of methoxy groups -OCH3 is 1. The fraction of sp³-hybridized carbons (Fsp3) is 0.611. The van der Waals surface area contributed by atoms with Crippen LogP contribution in [0.3, 0.4) is 0 Å². The number of nitrogens with one attached hydrogen (secondary N) is 2. The van der Waals surface area contributed by atoms with Gasteiger partial charge in [0, 0.05) is 39.4 Å². The molecule has 0 saturated heterocycles. The zero-order valence-electron chi connectivity index (χ0n) is 15.9. The summed E-state index contributed by atoms with van der Waals surface area (Å²) in [5.41, 5.74) is 1.58. The van der Waals surface area contributed by atoms with Gasteiger partial charge in [-0.15, -0.1) is 24.0 Å². The predicted octanol–water partition coefficient (Wildman–Crippen LogP) is 2.07. The molecule has 1 aliphatic heterocycles. The van der Waals surface area contributed by atoms with Gasteiger partial charge < -0.3 is 29.6 Å². The Labute approximate surface area is 177 Å². The number of ether oxygens (including phenoxy) is 4. The molecule has 2 N–H and O–H groups in total. The van der Waals surface area contributed by atoms with E-state index < -0.39 is 0 Å². The Kier molecular flexibility index (Phi) is 12.3. The van der Waals surface area contributed by atoms with Crippen molar-refractivity contribution in [2.75, 3.05) is 53.9 Å². The third kappa shape index (κ3) is 8.58. The highest BCUT2D eigenvalue weighted by molar-refractivity contribution is 14.0. The Bertz CT molecular complexity index is 590. The lowest BCUT2D eigenvalue weighted by molar-refractivity contribution is -0.0172. The number of rotatable bonds is 10. The maximum Gasteiger partial charge on any atom is 0.190 e. The summed E-state index contributed by atoms with van der Waals surface area (Å²) in [4.78, 5) is 4.18. The van der Waals surface area contributed by atoms with Crippen molar-refractivity contribution in [1.29, 1.82) is 0 Å². The van der Waals surface area contributed by atoms with Crippen LogP contribution in [0.1, 0.15) is 17.5 Å². The molecule has 1 aromatic carbocycles. The minimum Gasteiger partial charge on any atom is -0.467 e. The van der Waals surface area contributed by atoms with Gasteiger partial charge in [-0.25, -0.2) is 4.39 Å². The molecule has 2 rings (SSSR count). The van der Waals surface area contributed by atoms with Crippen molar-refractivity contribution >= 4 is 29.9 Å². The van der Waals surface area contributed by atoms with E-state index in [1.54, 1.807) is 14.2 Å². The number of benzene rings is 1. The maximum absolute atomic E-state index is 13.7. The molecule has 0 saturated carbocycles. The third-order valence-corrected chi connectivity index (χ3v) is 3.85. The van der Waals surface area contributed by atoms with Crippen molar-refractivity contribution in [3.63, 3.8) is 0 Å². The summed E-state index contributed by atoms with van der Waals surface area (Å²) in [6.07, 6.45) is 1.50. The Balaban J connectivity index is 0.00000364. The average Bonchev–Trinajstić information content (AvgIpc) is 2.65. The molecular weight excluding hydrogens is 468 g/mol. The average molecular weight is 497 g/mol. The molecular formula is C18H29FIN3O4. The lowest BCUT2D eigenvalue weighted by Gasteiger charge is -2.21. The van der Waals surface area contributed by atoms with Crippen LogP contribution < -0.4 is 15.4 Å². The summed E-state index contributed by atoms with van der Waals surface area (Å²) in [6.45, 7) is 3.83. The summed E-state index contributed by atoms with van der Waals surface area (Å²) in [5.74, 6) is 1.16. The monoisotopic (exact) mass is 497 g/mol. The van der Waals surface area contributed by atoms with Gasteiger partial charge in [0.25, 0.3) is 0 Å². The molecule has 0 fully saturated rings. The van der Waals surface area contributed by atoms with Crippen LogP contribution in [0.2, 0.25) is 0 Å². The van der Waals surface area contributed by atoms with Crippen LogP contribution in [0.25, 0.3) is 0 Å².